The molecule has 2 aromatic rings. The lowest BCUT2D eigenvalue weighted by molar-refractivity contribution is 0.0526. The van der Waals surface area contributed by atoms with Gasteiger partial charge < -0.3 is 15.4 Å². The molecule has 0 radical (unpaired) electrons. The SMILES string of the molecule is CCOC(=O)c1c(NC(=O)NCC2C3=C(CNCC3)SC2c2ccccc2)sc2c1CCCC2. The molecular weight excluding hydrogens is 466 g/mol. The number of hydrogen-bond acceptors (Lipinski definition) is 6. The van der Waals surface area contributed by atoms with Gasteiger partial charge in [0.05, 0.1) is 12.2 Å². The summed E-state index contributed by atoms with van der Waals surface area (Å²) in [5.74, 6) is -0.0747. The van der Waals surface area contributed by atoms with Gasteiger partial charge in [0.2, 0.25) is 0 Å². The minimum Gasteiger partial charge on any atom is -0.462 e. The van der Waals surface area contributed by atoms with Crippen molar-refractivity contribution in [2.75, 3.05) is 31.6 Å². The number of hydrogen-bond donors (Lipinski definition) is 3. The molecular formula is C26H31N3O3S2. The van der Waals surface area contributed by atoms with Crippen LogP contribution in [0.1, 0.15) is 57.8 Å². The van der Waals surface area contributed by atoms with Crippen LogP contribution in [0.4, 0.5) is 9.80 Å². The molecule has 0 bridgehead atoms. The highest BCUT2D eigenvalue weighted by atomic mass is 32.2. The highest BCUT2D eigenvalue weighted by Crippen LogP contribution is 2.52. The Labute approximate surface area is 208 Å². The van der Waals surface area contributed by atoms with Gasteiger partial charge in [-0.25, -0.2) is 9.59 Å². The molecule has 180 valence electrons. The number of rotatable bonds is 6. The minimum atomic E-state index is -0.335. The summed E-state index contributed by atoms with van der Waals surface area (Å²) in [4.78, 5) is 28.3. The van der Waals surface area contributed by atoms with E-state index in [-0.39, 0.29) is 17.9 Å². The van der Waals surface area contributed by atoms with Crippen LogP contribution in [-0.4, -0.2) is 38.2 Å². The van der Waals surface area contributed by atoms with Crippen molar-refractivity contribution in [3.05, 3.63) is 62.4 Å². The molecule has 2 atom stereocenters. The molecule has 2 amide bonds. The topological polar surface area (TPSA) is 79.5 Å². The number of amides is 2. The molecule has 0 saturated heterocycles. The van der Waals surface area contributed by atoms with Crippen molar-refractivity contribution >= 4 is 40.1 Å². The molecule has 5 rings (SSSR count). The number of urea groups is 1. The number of esters is 1. The molecule has 8 heteroatoms. The van der Waals surface area contributed by atoms with Crippen LogP contribution in [0.3, 0.4) is 0 Å². The standard InChI is InChI=1S/C26H31N3O3S2/c1-2-32-25(30)22-18-10-6-7-11-20(18)34-24(22)29-26(31)28-14-19-17-12-13-27-15-21(17)33-23(19)16-8-4-3-5-9-16/h3-5,8-9,19,23,27H,2,6-7,10-15H2,1H3,(H2,28,29,31). The first kappa shape index (κ1) is 23.5. The summed E-state index contributed by atoms with van der Waals surface area (Å²) in [7, 11) is 0. The van der Waals surface area contributed by atoms with Crippen molar-refractivity contribution in [1.29, 1.82) is 0 Å². The molecule has 34 heavy (non-hydrogen) atoms. The lowest BCUT2D eigenvalue weighted by atomic mass is 9.88. The minimum absolute atomic E-state index is 0.260. The van der Waals surface area contributed by atoms with Gasteiger partial charge in [0.1, 0.15) is 5.00 Å². The molecule has 3 heterocycles. The summed E-state index contributed by atoms with van der Waals surface area (Å²) in [6.45, 7) is 4.59. The summed E-state index contributed by atoms with van der Waals surface area (Å²) in [6, 6.07) is 10.3. The van der Waals surface area contributed by atoms with E-state index >= 15 is 0 Å². The summed E-state index contributed by atoms with van der Waals surface area (Å²) >= 11 is 3.45. The van der Waals surface area contributed by atoms with Crippen molar-refractivity contribution in [3.63, 3.8) is 0 Å². The number of carbonyl (C=O) groups excluding carboxylic acids is 2. The van der Waals surface area contributed by atoms with Crippen molar-refractivity contribution in [3.8, 4) is 0 Å². The van der Waals surface area contributed by atoms with Gasteiger partial charge >= 0.3 is 12.0 Å². The van der Waals surface area contributed by atoms with Gasteiger partial charge in [-0.05, 0) is 61.6 Å². The normalized spacial score (nSPS) is 21.6. The molecule has 1 aliphatic carbocycles. The quantitative estimate of drug-likeness (QED) is 0.474. The molecule has 0 saturated carbocycles. The van der Waals surface area contributed by atoms with Gasteiger partial charge in [-0.15, -0.1) is 23.1 Å². The van der Waals surface area contributed by atoms with Gasteiger partial charge in [0.25, 0.3) is 0 Å². The first-order chi connectivity index (χ1) is 16.7. The number of benzene rings is 1. The summed E-state index contributed by atoms with van der Waals surface area (Å²) in [5.41, 5.74) is 4.38. The summed E-state index contributed by atoms with van der Waals surface area (Å²) in [5, 5.41) is 10.5. The Morgan fingerprint density at radius 1 is 1.15 bits per heavy atom. The summed E-state index contributed by atoms with van der Waals surface area (Å²) < 4.78 is 5.32. The molecule has 3 N–H and O–H groups in total. The third-order valence-electron chi connectivity index (χ3n) is 6.79. The van der Waals surface area contributed by atoms with Gasteiger partial charge in [-0.1, -0.05) is 35.9 Å². The van der Waals surface area contributed by atoms with E-state index in [1.54, 1.807) is 0 Å². The highest BCUT2D eigenvalue weighted by Gasteiger charge is 2.37. The van der Waals surface area contributed by atoms with E-state index < -0.39 is 0 Å². The Kier molecular flexibility index (Phi) is 7.27. The zero-order chi connectivity index (χ0) is 23.5. The smallest absolute Gasteiger partial charge is 0.341 e. The number of thiophene rings is 1. The van der Waals surface area contributed by atoms with Crippen LogP contribution in [-0.2, 0) is 17.6 Å². The molecule has 6 nitrogen and oxygen atoms in total. The molecule has 2 unspecified atom stereocenters. The Bertz CT molecular complexity index is 1100. The van der Waals surface area contributed by atoms with E-state index in [4.69, 9.17) is 4.74 Å². The second kappa shape index (κ2) is 10.5. The van der Waals surface area contributed by atoms with E-state index in [1.165, 1.54) is 32.3 Å². The van der Waals surface area contributed by atoms with Crippen LogP contribution in [0.2, 0.25) is 0 Å². The lowest BCUT2D eigenvalue weighted by Gasteiger charge is -2.24. The second-order valence-corrected chi connectivity index (χ2v) is 11.2. The van der Waals surface area contributed by atoms with Gasteiger partial charge in [-0.3, -0.25) is 5.32 Å². The molecule has 1 aromatic heterocycles. The first-order valence-corrected chi connectivity index (χ1v) is 13.9. The van der Waals surface area contributed by atoms with E-state index in [0.29, 0.717) is 29.0 Å². The number of thioether (sulfide) groups is 1. The average Bonchev–Trinajstić information content (AvgIpc) is 3.41. The molecule has 0 fully saturated rings. The number of anilines is 1. The molecule has 0 spiro atoms. The summed E-state index contributed by atoms with van der Waals surface area (Å²) in [6.07, 6.45) is 5.03. The third kappa shape index (κ3) is 4.76. The lowest BCUT2D eigenvalue weighted by Crippen LogP contribution is -2.35. The van der Waals surface area contributed by atoms with Crippen molar-refractivity contribution in [2.45, 2.75) is 44.3 Å². The van der Waals surface area contributed by atoms with Crippen LogP contribution in [0, 0.1) is 5.92 Å². The number of aryl methyl sites for hydroxylation is 1. The predicted octanol–water partition coefficient (Wildman–Crippen LogP) is 5.28. The maximum Gasteiger partial charge on any atom is 0.341 e. The van der Waals surface area contributed by atoms with Crippen LogP contribution < -0.4 is 16.0 Å². The number of fused-ring (bicyclic) bond motifs is 1. The Morgan fingerprint density at radius 2 is 1.97 bits per heavy atom. The van der Waals surface area contributed by atoms with Gasteiger partial charge in [-0.2, -0.15) is 0 Å². The van der Waals surface area contributed by atoms with Gasteiger partial charge in [0.15, 0.2) is 0 Å². The maximum atomic E-state index is 13.0. The van der Waals surface area contributed by atoms with E-state index in [9.17, 15) is 9.59 Å². The monoisotopic (exact) mass is 497 g/mol. The van der Waals surface area contributed by atoms with Crippen LogP contribution in [0.15, 0.2) is 40.8 Å². The zero-order valence-corrected chi connectivity index (χ0v) is 21.1. The van der Waals surface area contributed by atoms with Crippen LogP contribution >= 0.6 is 23.1 Å². The highest BCUT2D eigenvalue weighted by molar-refractivity contribution is 8.03. The van der Waals surface area contributed by atoms with E-state index in [0.717, 1.165) is 50.8 Å². The number of ether oxygens (including phenoxy) is 1. The van der Waals surface area contributed by atoms with E-state index in [2.05, 4.69) is 40.2 Å². The van der Waals surface area contributed by atoms with Crippen LogP contribution in [0.25, 0.3) is 0 Å². The molecule has 2 aliphatic heterocycles. The fourth-order valence-corrected chi connectivity index (χ4v) is 8.09. The van der Waals surface area contributed by atoms with E-state index in [1.807, 2.05) is 24.8 Å². The Morgan fingerprint density at radius 3 is 2.79 bits per heavy atom. The Hall–Kier alpha value is -2.29. The van der Waals surface area contributed by atoms with Crippen molar-refractivity contribution < 1.29 is 14.3 Å². The average molecular weight is 498 g/mol. The number of nitrogens with one attached hydrogen (secondary N) is 3. The van der Waals surface area contributed by atoms with Crippen molar-refractivity contribution in [2.24, 2.45) is 5.92 Å². The Balaban J connectivity index is 1.31. The molecule has 1 aromatic carbocycles. The second-order valence-electron chi connectivity index (χ2n) is 8.90. The fourth-order valence-electron chi connectivity index (χ4n) is 5.20. The fraction of sp³-hybridized carbons (Fsp3) is 0.462. The molecule has 3 aliphatic rings. The predicted molar refractivity (Wildman–Crippen MR) is 139 cm³/mol. The number of carbonyl (C=O) groups is 2. The third-order valence-corrected chi connectivity index (χ3v) is 9.54. The van der Waals surface area contributed by atoms with Gasteiger partial charge in [0, 0.05) is 29.1 Å². The zero-order valence-electron chi connectivity index (χ0n) is 19.4. The maximum absolute atomic E-state index is 13.0. The van der Waals surface area contributed by atoms with Crippen LogP contribution in [0.5, 0.6) is 0 Å². The first-order valence-electron chi connectivity index (χ1n) is 12.2. The van der Waals surface area contributed by atoms with Crippen molar-refractivity contribution in [1.82, 2.24) is 10.6 Å². The largest absolute Gasteiger partial charge is 0.462 e.